The number of hydrogen-bond donors (Lipinski definition) is 2. The van der Waals surface area contributed by atoms with Crippen LogP contribution in [0.2, 0.25) is 0 Å². The van der Waals surface area contributed by atoms with Gasteiger partial charge in [-0.2, -0.15) is 0 Å². The van der Waals surface area contributed by atoms with Gasteiger partial charge in [-0.15, -0.1) is 0 Å². The average Bonchev–Trinajstić information content (AvgIpc) is 2.51. The van der Waals surface area contributed by atoms with Crippen molar-refractivity contribution in [1.29, 1.82) is 0 Å². The summed E-state index contributed by atoms with van der Waals surface area (Å²) in [6.07, 6.45) is 0. The van der Waals surface area contributed by atoms with Crippen molar-refractivity contribution in [2.75, 3.05) is 14.2 Å². The normalized spacial score (nSPS) is 17.5. The minimum Gasteiger partial charge on any atom is -0.497 e. The van der Waals surface area contributed by atoms with Gasteiger partial charge in [-0.1, -0.05) is 0 Å². The molecule has 1 atom stereocenters. The number of esters is 1. The molecule has 25 heavy (non-hydrogen) atoms. The van der Waals surface area contributed by atoms with Gasteiger partial charge < -0.3 is 24.8 Å². The van der Waals surface area contributed by atoms with E-state index in [1.165, 1.54) is 0 Å². The first kappa shape index (κ1) is 19.1. The quantitative estimate of drug-likeness (QED) is 0.629. The Labute approximate surface area is 153 Å². The number of benzene rings is 1. The summed E-state index contributed by atoms with van der Waals surface area (Å²) in [6.45, 7) is 7.29. The number of thiocarbonyl (C=S) groups is 1. The molecule has 0 amide bonds. The first-order chi connectivity index (χ1) is 11.7. The number of allylic oxidation sites excluding steroid dienone is 1. The van der Waals surface area contributed by atoms with Crippen LogP contribution in [-0.4, -0.2) is 30.9 Å². The van der Waals surface area contributed by atoms with Crippen LogP contribution < -0.4 is 20.1 Å². The van der Waals surface area contributed by atoms with Crippen LogP contribution in [0.5, 0.6) is 11.5 Å². The van der Waals surface area contributed by atoms with E-state index in [2.05, 4.69) is 10.6 Å². The molecule has 7 heteroatoms. The molecule has 2 rings (SSSR count). The molecule has 1 aliphatic rings. The maximum absolute atomic E-state index is 12.8. The van der Waals surface area contributed by atoms with Gasteiger partial charge in [0.15, 0.2) is 5.11 Å². The van der Waals surface area contributed by atoms with Gasteiger partial charge in [0.05, 0.1) is 25.8 Å². The van der Waals surface area contributed by atoms with E-state index < -0.39 is 17.6 Å². The number of carbonyl (C=O) groups is 1. The van der Waals surface area contributed by atoms with E-state index in [-0.39, 0.29) is 0 Å². The second kappa shape index (κ2) is 7.31. The van der Waals surface area contributed by atoms with Crippen LogP contribution in [0.4, 0.5) is 0 Å². The Kier molecular flexibility index (Phi) is 5.57. The van der Waals surface area contributed by atoms with Crippen LogP contribution in [0.15, 0.2) is 29.5 Å². The highest BCUT2D eigenvalue weighted by Crippen LogP contribution is 2.36. The first-order valence-corrected chi connectivity index (χ1v) is 8.30. The summed E-state index contributed by atoms with van der Waals surface area (Å²) < 4.78 is 16.3. The maximum Gasteiger partial charge on any atom is 0.338 e. The lowest BCUT2D eigenvalue weighted by Gasteiger charge is -2.32. The number of methoxy groups -OCH3 is 2. The molecule has 0 saturated heterocycles. The van der Waals surface area contributed by atoms with Crippen molar-refractivity contribution < 1.29 is 19.0 Å². The molecule has 0 aromatic heterocycles. The molecule has 0 unspecified atom stereocenters. The smallest absolute Gasteiger partial charge is 0.338 e. The average molecular weight is 364 g/mol. The van der Waals surface area contributed by atoms with Gasteiger partial charge in [0.1, 0.15) is 17.1 Å². The van der Waals surface area contributed by atoms with Crippen molar-refractivity contribution >= 4 is 23.3 Å². The number of ether oxygens (including phenoxy) is 3. The van der Waals surface area contributed by atoms with Crippen molar-refractivity contribution in [2.45, 2.75) is 39.3 Å². The number of carbonyl (C=O) groups excluding carboxylic acids is 1. The lowest BCUT2D eigenvalue weighted by atomic mass is 9.94. The van der Waals surface area contributed by atoms with E-state index in [9.17, 15) is 4.79 Å². The van der Waals surface area contributed by atoms with Gasteiger partial charge in [0, 0.05) is 11.3 Å². The van der Waals surface area contributed by atoms with E-state index in [0.29, 0.717) is 27.9 Å². The Bertz CT molecular complexity index is 722. The molecule has 0 radical (unpaired) electrons. The Balaban J connectivity index is 2.55. The third-order valence-corrected chi connectivity index (χ3v) is 3.86. The summed E-state index contributed by atoms with van der Waals surface area (Å²) in [6, 6.07) is 4.91. The minimum atomic E-state index is -0.606. The molecule has 0 bridgehead atoms. The third kappa shape index (κ3) is 4.42. The van der Waals surface area contributed by atoms with Gasteiger partial charge in [-0.3, -0.25) is 0 Å². The second-order valence-electron chi connectivity index (χ2n) is 6.68. The zero-order valence-electron chi connectivity index (χ0n) is 15.4. The fourth-order valence-corrected chi connectivity index (χ4v) is 2.87. The van der Waals surface area contributed by atoms with E-state index in [1.807, 2.05) is 26.8 Å². The monoisotopic (exact) mass is 364 g/mol. The molecule has 1 heterocycles. The first-order valence-electron chi connectivity index (χ1n) is 7.90. The molecule has 1 aliphatic heterocycles. The zero-order chi connectivity index (χ0) is 18.8. The van der Waals surface area contributed by atoms with Crippen LogP contribution in [0.3, 0.4) is 0 Å². The summed E-state index contributed by atoms with van der Waals surface area (Å²) in [5, 5.41) is 6.55. The van der Waals surface area contributed by atoms with Crippen molar-refractivity contribution in [1.82, 2.24) is 10.6 Å². The van der Waals surface area contributed by atoms with Gasteiger partial charge >= 0.3 is 5.97 Å². The standard InChI is InChI=1S/C18H24N2O4S/c1-10-14(16(21)24-18(2,3)4)15(20-17(25)19-10)12-9-11(22-5)7-8-13(12)23-6/h7-9,15H,1-6H3,(H2,19,20,25)/t15-/m0/s1. The van der Waals surface area contributed by atoms with Crippen LogP contribution >= 0.6 is 12.2 Å². The zero-order valence-corrected chi connectivity index (χ0v) is 16.2. The number of hydrogen-bond acceptors (Lipinski definition) is 5. The van der Waals surface area contributed by atoms with Crippen LogP contribution in [0.1, 0.15) is 39.3 Å². The predicted octanol–water partition coefficient (Wildman–Crippen LogP) is 2.84. The lowest BCUT2D eigenvalue weighted by molar-refractivity contribution is -0.150. The highest BCUT2D eigenvalue weighted by atomic mass is 32.1. The van der Waals surface area contributed by atoms with Crippen molar-refractivity contribution in [3.05, 3.63) is 35.0 Å². The predicted molar refractivity (Wildman–Crippen MR) is 99.7 cm³/mol. The number of nitrogens with one attached hydrogen (secondary N) is 2. The van der Waals surface area contributed by atoms with Crippen molar-refractivity contribution in [2.24, 2.45) is 0 Å². The van der Waals surface area contributed by atoms with Gasteiger partial charge in [-0.25, -0.2) is 4.79 Å². The third-order valence-electron chi connectivity index (χ3n) is 3.64. The molecule has 1 aromatic carbocycles. The fourth-order valence-electron chi connectivity index (χ4n) is 2.60. The molecular formula is C18H24N2O4S. The van der Waals surface area contributed by atoms with Crippen LogP contribution in [0, 0.1) is 0 Å². The van der Waals surface area contributed by atoms with E-state index in [4.69, 9.17) is 26.4 Å². The molecule has 1 aromatic rings. The van der Waals surface area contributed by atoms with Crippen LogP contribution in [0.25, 0.3) is 0 Å². The van der Waals surface area contributed by atoms with Crippen molar-refractivity contribution in [3.63, 3.8) is 0 Å². The largest absolute Gasteiger partial charge is 0.497 e. The van der Waals surface area contributed by atoms with Crippen molar-refractivity contribution in [3.8, 4) is 11.5 Å². The lowest BCUT2D eigenvalue weighted by Crippen LogP contribution is -2.46. The van der Waals surface area contributed by atoms with Gasteiger partial charge in [0.25, 0.3) is 0 Å². The summed E-state index contributed by atoms with van der Waals surface area (Å²) in [5.41, 5.74) is 1.24. The highest BCUT2D eigenvalue weighted by molar-refractivity contribution is 7.80. The maximum atomic E-state index is 12.8. The highest BCUT2D eigenvalue weighted by Gasteiger charge is 2.34. The summed E-state index contributed by atoms with van der Waals surface area (Å²) in [4.78, 5) is 12.8. The van der Waals surface area contributed by atoms with E-state index in [0.717, 1.165) is 5.56 Å². The molecule has 0 fully saturated rings. The molecule has 0 spiro atoms. The Morgan fingerprint density at radius 2 is 1.88 bits per heavy atom. The van der Waals surface area contributed by atoms with Crippen LogP contribution in [-0.2, 0) is 9.53 Å². The second-order valence-corrected chi connectivity index (χ2v) is 7.09. The summed E-state index contributed by atoms with van der Waals surface area (Å²) in [5.74, 6) is 0.863. The van der Waals surface area contributed by atoms with Gasteiger partial charge in [-0.05, 0) is 58.1 Å². The molecule has 0 saturated carbocycles. The fraction of sp³-hybridized carbons (Fsp3) is 0.444. The summed E-state index contributed by atoms with van der Waals surface area (Å²) >= 11 is 5.27. The Morgan fingerprint density at radius 1 is 1.20 bits per heavy atom. The molecule has 0 aliphatic carbocycles. The molecule has 2 N–H and O–H groups in total. The number of rotatable bonds is 4. The topological polar surface area (TPSA) is 68.8 Å². The Hall–Kier alpha value is -2.28. The molecular weight excluding hydrogens is 340 g/mol. The minimum absolute atomic E-state index is 0.414. The van der Waals surface area contributed by atoms with E-state index in [1.54, 1.807) is 33.3 Å². The Morgan fingerprint density at radius 3 is 2.44 bits per heavy atom. The van der Waals surface area contributed by atoms with Gasteiger partial charge in [0.2, 0.25) is 0 Å². The summed E-state index contributed by atoms with van der Waals surface area (Å²) in [7, 11) is 3.16. The molecule has 6 nitrogen and oxygen atoms in total. The SMILES string of the molecule is COc1ccc(OC)c([C@@H]2NC(=S)NC(C)=C2C(=O)OC(C)(C)C)c1. The molecule has 136 valence electrons. The van der Waals surface area contributed by atoms with E-state index >= 15 is 0 Å².